The predicted molar refractivity (Wildman–Crippen MR) is 98.4 cm³/mol. The van der Waals surface area contributed by atoms with Crippen molar-refractivity contribution < 1.29 is 22.7 Å². The molecule has 1 fully saturated rings. The fourth-order valence-electron chi connectivity index (χ4n) is 3.13. The maximum absolute atomic E-state index is 12.8. The smallest absolute Gasteiger partial charge is 0.378 e. The largest absolute Gasteiger partial charge is 0.416 e. The van der Waals surface area contributed by atoms with E-state index in [1.165, 1.54) is 23.1 Å². The number of fused-ring (bicyclic) bond motifs is 1. The minimum atomic E-state index is -4.48. The number of benzene rings is 1. The van der Waals surface area contributed by atoms with E-state index in [1.807, 2.05) is 0 Å². The zero-order chi connectivity index (χ0) is 20.4. The van der Waals surface area contributed by atoms with E-state index < -0.39 is 17.6 Å². The van der Waals surface area contributed by atoms with Crippen LogP contribution < -0.4 is 10.2 Å². The molecule has 11 heteroatoms. The Morgan fingerprint density at radius 2 is 2.00 bits per heavy atom. The lowest BCUT2D eigenvalue weighted by molar-refractivity contribution is -0.137. The molecule has 0 saturated carbocycles. The fourth-order valence-corrected chi connectivity index (χ4v) is 3.13. The van der Waals surface area contributed by atoms with Crippen LogP contribution in [-0.2, 0) is 22.3 Å². The van der Waals surface area contributed by atoms with Crippen LogP contribution in [-0.4, -0.2) is 52.0 Å². The van der Waals surface area contributed by atoms with Gasteiger partial charge in [0.25, 0.3) is 0 Å². The van der Waals surface area contributed by atoms with Crippen molar-refractivity contribution in [1.29, 1.82) is 0 Å². The first-order chi connectivity index (χ1) is 13.9. The lowest BCUT2D eigenvalue weighted by Crippen LogP contribution is -2.36. The van der Waals surface area contributed by atoms with Crippen molar-refractivity contribution >= 4 is 28.4 Å². The summed E-state index contributed by atoms with van der Waals surface area (Å²) < 4.78 is 45.2. The van der Waals surface area contributed by atoms with Gasteiger partial charge in [-0.25, -0.2) is 14.6 Å². The zero-order valence-electron chi connectivity index (χ0n) is 15.2. The highest BCUT2D eigenvalue weighted by molar-refractivity contribution is 5.92. The molecule has 1 N–H and O–H groups in total. The van der Waals surface area contributed by atoms with E-state index in [2.05, 4.69) is 25.3 Å². The second-order valence-electron chi connectivity index (χ2n) is 6.46. The van der Waals surface area contributed by atoms with Crippen LogP contribution in [0, 0.1) is 0 Å². The first-order valence-corrected chi connectivity index (χ1v) is 8.88. The van der Waals surface area contributed by atoms with Crippen LogP contribution in [0.2, 0.25) is 0 Å². The van der Waals surface area contributed by atoms with Crippen LogP contribution in [0.5, 0.6) is 0 Å². The molecule has 0 atom stereocenters. The molecule has 4 rings (SSSR count). The first-order valence-electron chi connectivity index (χ1n) is 8.88. The summed E-state index contributed by atoms with van der Waals surface area (Å²) in [5.41, 5.74) is -0.298. The number of ether oxygens (including phenoxy) is 1. The molecular formula is C18H17F3N6O2. The average molecular weight is 406 g/mol. The van der Waals surface area contributed by atoms with Gasteiger partial charge in [0, 0.05) is 18.8 Å². The number of hydrogen-bond acceptors (Lipinski definition) is 6. The average Bonchev–Trinajstić information content (AvgIpc) is 3.11. The summed E-state index contributed by atoms with van der Waals surface area (Å²) >= 11 is 0. The molecule has 1 aliphatic rings. The Labute approximate surface area is 163 Å². The van der Waals surface area contributed by atoms with Gasteiger partial charge in [-0.05, 0) is 18.2 Å². The van der Waals surface area contributed by atoms with Gasteiger partial charge < -0.3 is 15.0 Å². The van der Waals surface area contributed by atoms with Crippen molar-refractivity contribution in [3.63, 3.8) is 0 Å². The maximum Gasteiger partial charge on any atom is 0.416 e. The summed E-state index contributed by atoms with van der Waals surface area (Å²) in [5.74, 6) is 0.198. The van der Waals surface area contributed by atoms with Crippen molar-refractivity contribution in [3.05, 3.63) is 42.4 Å². The van der Waals surface area contributed by atoms with Crippen LogP contribution in [0.1, 0.15) is 5.56 Å². The van der Waals surface area contributed by atoms with Gasteiger partial charge >= 0.3 is 6.18 Å². The summed E-state index contributed by atoms with van der Waals surface area (Å²) in [6, 6.07) is 4.47. The molecule has 1 aliphatic heterocycles. The molecule has 0 unspecified atom stereocenters. The molecule has 8 nitrogen and oxygen atoms in total. The quantitative estimate of drug-likeness (QED) is 0.716. The van der Waals surface area contributed by atoms with Gasteiger partial charge in [0.2, 0.25) is 5.91 Å². The SMILES string of the molecule is O=C(Cn1ncc2c(N3CCOCC3)ncnc21)Nc1cccc(C(F)(F)F)c1. The molecule has 0 radical (unpaired) electrons. The molecule has 1 amide bonds. The van der Waals surface area contributed by atoms with Gasteiger partial charge in [-0.15, -0.1) is 0 Å². The summed E-state index contributed by atoms with van der Waals surface area (Å²) in [6.07, 6.45) is -1.50. The molecule has 1 saturated heterocycles. The minimum absolute atomic E-state index is 0.0601. The van der Waals surface area contributed by atoms with Gasteiger partial charge in [-0.1, -0.05) is 6.07 Å². The van der Waals surface area contributed by atoms with Crippen molar-refractivity contribution in [2.24, 2.45) is 0 Å². The Balaban J connectivity index is 1.52. The number of carbonyl (C=O) groups excluding carboxylic acids is 1. The summed E-state index contributed by atoms with van der Waals surface area (Å²) in [6.45, 7) is 2.37. The number of aromatic nitrogens is 4. The molecule has 3 heterocycles. The van der Waals surface area contributed by atoms with Gasteiger partial charge in [-0.2, -0.15) is 18.3 Å². The molecule has 1 aromatic carbocycles. The Morgan fingerprint density at radius 3 is 2.76 bits per heavy atom. The standard InChI is InChI=1S/C18H17F3N6O2/c19-18(20,21)12-2-1-3-13(8-12)25-15(28)10-27-17-14(9-24-27)16(22-11-23-17)26-4-6-29-7-5-26/h1-3,8-9,11H,4-7,10H2,(H,25,28). The number of nitrogens with one attached hydrogen (secondary N) is 1. The van der Waals surface area contributed by atoms with Crippen LogP contribution in [0.4, 0.5) is 24.7 Å². The van der Waals surface area contributed by atoms with E-state index >= 15 is 0 Å². The third kappa shape index (κ3) is 4.14. The topological polar surface area (TPSA) is 85.2 Å². The van der Waals surface area contributed by atoms with E-state index in [0.717, 1.165) is 12.1 Å². The summed E-state index contributed by atoms with van der Waals surface area (Å²) in [4.78, 5) is 22.9. The number of halogens is 3. The third-order valence-electron chi connectivity index (χ3n) is 4.49. The van der Waals surface area contributed by atoms with Crippen molar-refractivity contribution in [1.82, 2.24) is 19.7 Å². The number of rotatable bonds is 4. The molecule has 29 heavy (non-hydrogen) atoms. The fraction of sp³-hybridized carbons (Fsp3) is 0.333. The molecule has 0 spiro atoms. The van der Waals surface area contributed by atoms with E-state index in [9.17, 15) is 18.0 Å². The molecule has 0 bridgehead atoms. The van der Waals surface area contributed by atoms with Gasteiger partial charge in [0.05, 0.1) is 30.4 Å². The van der Waals surface area contributed by atoms with Gasteiger partial charge in [0.15, 0.2) is 5.65 Å². The third-order valence-corrected chi connectivity index (χ3v) is 4.49. The highest BCUT2D eigenvalue weighted by Gasteiger charge is 2.30. The van der Waals surface area contributed by atoms with Crippen molar-refractivity contribution in [2.75, 3.05) is 36.5 Å². The van der Waals surface area contributed by atoms with Crippen LogP contribution in [0.3, 0.4) is 0 Å². The Bertz CT molecular complexity index is 1030. The number of nitrogens with zero attached hydrogens (tertiary/aromatic N) is 5. The molecule has 0 aliphatic carbocycles. The van der Waals surface area contributed by atoms with E-state index in [4.69, 9.17) is 4.74 Å². The predicted octanol–water partition coefficient (Wildman–Crippen LogP) is 2.32. The lowest BCUT2D eigenvalue weighted by atomic mass is 10.2. The van der Waals surface area contributed by atoms with Crippen LogP contribution >= 0.6 is 0 Å². The van der Waals surface area contributed by atoms with Crippen LogP contribution in [0.25, 0.3) is 11.0 Å². The second-order valence-corrected chi connectivity index (χ2v) is 6.46. The highest BCUT2D eigenvalue weighted by atomic mass is 19.4. The molecular weight excluding hydrogens is 389 g/mol. The number of hydrogen-bond donors (Lipinski definition) is 1. The second kappa shape index (κ2) is 7.66. The van der Waals surface area contributed by atoms with E-state index in [1.54, 1.807) is 6.20 Å². The Hall–Kier alpha value is -3.21. The summed E-state index contributed by atoms with van der Waals surface area (Å²) in [5, 5.41) is 7.37. The highest BCUT2D eigenvalue weighted by Crippen LogP contribution is 2.30. The van der Waals surface area contributed by atoms with Crippen molar-refractivity contribution in [3.8, 4) is 0 Å². The zero-order valence-corrected chi connectivity index (χ0v) is 15.2. The maximum atomic E-state index is 12.8. The number of amides is 1. The van der Waals surface area contributed by atoms with E-state index in [-0.39, 0.29) is 12.2 Å². The number of anilines is 2. The van der Waals surface area contributed by atoms with Gasteiger partial charge in [-0.3, -0.25) is 4.79 Å². The molecule has 2 aromatic heterocycles. The lowest BCUT2D eigenvalue weighted by Gasteiger charge is -2.27. The first kappa shape index (κ1) is 19.1. The number of morpholine rings is 1. The van der Waals surface area contributed by atoms with Gasteiger partial charge in [0.1, 0.15) is 18.7 Å². The number of alkyl halides is 3. The van der Waals surface area contributed by atoms with Crippen LogP contribution in [0.15, 0.2) is 36.8 Å². The molecule has 152 valence electrons. The molecule has 3 aromatic rings. The Kier molecular flexibility index (Phi) is 5.05. The van der Waals surface area contributed by atoms with Crippen molar-refractivity contribution in [2.45, 2.75) is 12.7 Å². The monoisotopic (exact) mass is 406 g/mol. The van der Waals surface area contributed by atoms with E-state index in [0.29, 0.717) is 43.2 Å². The Morgan fingerprint density at radius 1 is 1.21 bits per heavy atom. The number of carbonyl (C=O) groups is 1. The summed E-state index contributed by atoms with van der Waals surface area (Å²) in [7, 11) is 0. The normalized spacial score (nSPS) is 14.9. The minimum Gasteiger partial charge on any atom is -0.378 e.